The van der Waals surface area contributed by atoms with E-state index < -0.39 is 5.97 Å². The number of fused-ring (bicyclic) bond motifs is 1. The molecule has 20 heavy (non-hydrogen) atoms. The number of aromatic carboxylic acids is 1. The smallest absolute Gasteiger partial charge is 0.349 e. The summed E-state index contributed by atoms with van der Waals surface area (Å²) >= 11 is 7.00. The summed E-state index contributed by atoms with van der Waals surface area (Å²) in [6.07, 6.45) is 0. The number of benzene rings is 1. The second kappa shape index (κ2) is 4.96. The number of hydrogen-bond donors (Lipinski definition) is 1. The number of hydrogen-bond acceptors (Lipinski definition) is 5. The predicted molar refractivity (Wildman–Crippen MR) is 80.8 cm³/mol. The molecule has 7 heteroatoms. The lowest BCUT2D eigenvalue weighted by molar-refractivity contribution is 0.0702. The molecule has 104 valence electrons. The minimum Gasteiger partial charge on any atom is -0.477 e. The highest BCUT2D eigenvalue weighted by Crippen LogP contribution is 2.40. The molecule has 1 aromatic carbocycles. The molecule has 0 spiro atoms. The van der Waals surface area contributed by atoms with Crippen LogP contribution in [-0.4, -0.2) is 36.2 Å². The maximum atomic E-state index is 11.1. The van der Waals surface area contributed by atoms with E-state index in [1.807, 2.05) is 36.2 Å². The zero-order chi connectivity index (χ0) is 14.3. The summed E-state index contributed by atoms with van der Waals surface area (Å²) in [5, 5.41) is 9.74. The van der Waals surface area contributed by atoms with Gasteiger partial charge in [-0.15, -0.1) is 0 Å². The van der Waals surface area contributed by atoms with Gasteiger partial charge in [0.15, 0.2) is 15.2 Å². The van der Waals surface area contributed by atoms with Gasteiger partial charge in [-0.1, -0.05) is 35.1 Å². The van der Waals surface area contributed by atoms with Gasteiger partial charge in [-0.2, -0.15) is 0 Å². The standard InChI is InChI=1S/C13H12ClN3O2S/c1-16-6-7-17(9-5-3-2-4-8(9)16)13-15-11(14)10(20-13)12(18)19/h2-5H,6-7H2,1H3,(H,18,19). The first-order chi connectivity index (χ1) is 9.58. The molecule has 1 N–H and O–H groups in total. The molecule has 0 aliphatic carbocycles. The molecule has 3 rings (SSSR count). The van der Waals surface area contributed by atoms with Crippen LogP contribution in [-0.2, 0) is 0 Å². The molecule has 0 unspecified atom stereocenters. The molecule has 0 atom stereocenters. The molecule has 0 bridgehead atoms. The van der Waals surface area contributed by atoms with Crippen molar-refractivity contribution in [2.24, 2.45) is 0 Å². The highest BCUT2D eigenvalue weighted by atomic mass is 35.5. The lowest BCUT2D eigenvalue weighted by Crippen LogP contribution is -2.36. The fourth-order valence-corrected chi connectivity index (χ4v) is 3.41. The highest BCUT2D eigenvalue weighted by molar-refractivity contribution is 7.18. The van der Waals surface area contributed by atoms with Crippen LogP contribution in [0.15, 0.2) is 24.3 Å². The number of thiazole rings is 1. The van der Waals surface area contributed by atoms with E-state index in [0.29, 0.717) is 5.13 Å². The van der Waals surface area contributed by atoms with Crippen molar-refractivity contribution in [2.75, 3.05) is 29.9 Å². The fourth-order valence-electron chi connectivity index (χ4n) is 2.24. The Morgan fingerprint density at radius 2 is 2.05 bits per heavy atom. The van der Waals surface area contributed by atoms with Crippen LogP contribution < -0.4 is 9.80 Å². The second-order valence-electron chi connectivity index (χ2n) is 4.48. The number of carboxylic acid groups (broad SMARTS) is 1. The summed E-state index contributed by atoms with van der Waals surface area (Å²) in [5.41, 5.74) is 2.12. The van der Waals surface area contributed by atoms with E-state index in [1.165, 1.54) is 0 Å². The van der Waals surface area contributed by atoms with Gasteiger partial charge >= 0.3 is 5.97 Å². The molecule has 2 aromatic rings. The van der Waals surface area contributed by atoms with Gasteiger partial charge in [0, 0.05) is 20.1 Å². The van der Waals surface area contributed by atoms with E-state index >= 15 is 0 Å². The van der Waals surface area contributed by atoms with Gasteiger partial charge in [-0.3, -0.25) is 0 Å². The molecule has 0 fully saturated rings. The number of nitrogens with zero attached hydrogens (tertiary/aromatic N) is 3. The molecule has 5 nitrogen and oxygen atoms in total. The van der Waals surface area contributed by atoms with Crippen LogP contribution in [0.4, 0.5) is 16.5 Å². The number of para-hydroxylation sites is 2. The molecule has 1 aliphatic rings. The first-order valence-corrected chi connectivity index (χ1v) is 7.24. The van der Waals surface area contributed by atoms with E-state index in [2.05, 4.69) is 9.88 Å². The average Bonchev–Trinajstić information content (AvgIpc) is 2.81. The molecule has 0 saturated carbocycles. The van der Waals surface area contributed by atoms with Gasteiger partial charge in [0.25, 0.3) is 0 Å². The normalized spacial score (nSPS) is 14.3. The molecular formula is C13H12ClN3O2S. The minimum absolute atomic E-state index is 0.0499. The van der Waals surface area contributed by atoms with Crippen LogP contribution in [0.2, 0.25) is 5.15 Å². The van der Waals surface area contributed by atoms with Crippen LogP contribution in [0.3, 0.4) is 0 Å². The third kappa shape index (κ3) is 2.10. The molecule has 1 aromatic heterocycles. The number of aromatic nitrogens is 1. The Hall–Kier alpha value is -1.79. The van der Waals surface area contributed by atoms with Crippen LogP contribution in [0.1, 0.15) is 9.67 Å². The van der Waals surface area contributed by atoms with Crippen molar-refractivity contribution in [1.82, 2.24) is 4.98 Å². The van der Waals surface area contributed by atoms with E-state index in [1.54, 1.807) is 0 Å². The maximum Gasteiger partial charge on any atom is 0.349 e. The van der Waals surface area contributed by atoms with Crippen molar-refractivity contribution in [2.45, 2.75) is 0 Å². The summed E-state index contributed by atoms with van der Waals surface area (Å²) in [6.45, 7) is 1.59. The van der Waals surface area contributed by atoms with Gasteiger partial charge < -0.3 is 14.9 Å². The Morgan fingerprint density at radius 1 is 1.35 bits per heavy atom. The number of likely N-dealkylation sites (N-methyl/N-ethyl adjacent to an activating group) is 1. The van der Waals surface area contributed by atoms with Crippen molar-refractivity contribution in [3.05, 3.63) is 34.3 Å². The summed E-state index contributed by atoms with van der Waals surface area (Å²) in [6, 6.07) is 7.98. The van der Waals surface area contributed by atoms with Crippen molar-refractivity contribution in [3.63, 3.8) is 0 Å². The summed E-state index contributed by atoms with van der Waals surface area (Å²) < 4.78 is 0. The lowest BCUT2D eigenvalue weighted by atomic mass is 10.2. The van der Waals surface area contributed by atoms with E-state index in [9.17, 15) is 4.79 Å². The summed E-state index contributed by atoms with van der Waals surface area (Å²) in [4.78, 5) is 19.5. The molecule has 1 aliphatic heterocycles. The molecule has 0 amide bonds. The molecule has 0 radical (unpaired) electrons. The van der Waals surface area contributed by atoms with Crippen molar-refractivity contribution >= 4 is 45.4 Å². The largest absolute Gasteiger partial charge is 0.477 e. The van der Waals surface area contributed by atoms with Gasteiger partial charge in [0.1, 0.15) is 0 Å². The van der Waals surface area contributed by atoms with Crippen LogP contribution >= 0.6 is 22.9 Å². The van der Waals surface area contributed by atoms with Crippen LogP contribution in [0, 0.1) is 0 Å². The number of carbonyl (C=O) groups is 1. The Kier molecular flexibility index (Phi) is 3.27. The van der Waals surface area contributed by atoms with Gasteiger partial charge in [-0.05, 0) is 12.1 Å². The molecular weight excluding hydrogens is 298 g/mol. The van der Waals surface area contributed by atoms with Gasteiger partial charge in [0.2, 0.25) is 0 Å². The third-order valence-corrected chi connectivity index (χ3v) is 4.69. The Balaban J connectivity index is 2.06. The highest BCUT2D eigenvalue weighted by Gasteiger charge is 2.25. The third-order valence-electron chi connectivity index (χ3n) is 3.24. The number of rotatable bonds is 2. The van der Waals surface area contributed by atoms with E-state index in [4.69, 9.17) is 16.7 Å². The average molecular weight is 310 g/mol. The van der Waals surface area contributed by atoms with Crippen molar-refractivity contribution in [3.8, 4) is 0 Å². The SMILES string of the molecule is CN1CCN(c2nc(Cl)c(C(=O)O)s2)c2ccccc21. The first-order valence-electron chi connectivity index (χ1n) is 6.05. The van der Waals surface area contributed by atoms with Crippen molar-refractivity contribution in [1.29, 1.82) is 0 Å². The quantitative estimate of drug-likeness (QED) is 0.924. The Bertz CT molecular complexity index is 673. The van der Waals surface area contributed by atoms with E-state index in [0.717, 1.165) is 35.8 Å². The monoisotopic (exact) mass is 309 g/mol. The van der Waals surface area contributed by atoms with Gasteiger partial charge in [0.05, 0.1) is 11.4 Å². The lowest BCUT2D eigenvalue weighted by Gasteiger charge is -2.35. The van der Waals surface area contributed by atoms with Crippen molar-refractivity contribution < 1.29 is 9.90 Å². The molecule has 0 saturated heterocycles. The summed E-state index contributed by atoms with van der Waals surface area (Å²) in [5.74, 6) is -1.04. The topological polar surface area (TPSA) is 56.7 Å². The number of anilines is 3. The molecule has 2 heterocycles. The fraction of sp³-hybridized carbons (Fsp3) is 0.231. The minimum atomic E-state index is -1.04. The number of carboxylic acids is 1. The van der Waals surface area contributed by atoms with E-state index in [-0.39, 0.29) is 10.0 Å². The zero-order valence-corrected chi connectivity index (χ0v) is 12.3. The second-order valence-corrected chi connectivity index (χ2v) is 5.82. The number of halogens is 1. The maximum absolute atomic E-state index is 11.1. The van der Waals surface area contributed by atoms with Crippen LogP contribution in [0.5, 0.6) is 0 Å². The predicted octanol–water partition coefficient (Wildman–Crippen LogP) is 3.08. The van der Waals surface area contributed by atoms with Crippen LogP contribution in [0.25, 0.3) is 0 Å². The summed E-state index contributed by atoms with van der Waals surface area (Å²) in [7, 11) is 2.04. The Morgan fingerprint density at radius 3 is 2.70 bits per heavy atom. The van der Waals surface area contributed by atoms with Gasteiger partial charge in [-0.25, -0.2) is 9.78 Å². The zero-order valence-electron chi connectivity index (χ0n) is 10.7. The Labute approximate surface area is 125 Å². The first kappa shape index (κ1) is 13.2.